The van der Waals surface area contributed by atoms with Crippen molar-refractivity contribution in [2.75, 3.05) is 6.54 Å². The summed E-state index contributed by atoms with van der Waals surface area (Å²) < 4.78 is 0. The molecule has 0 spiro atoms. The lowest BCUT2D eigenvalue weighted by atomic mass is 10.3. The number of thioether (sulfide) groups is 1. The minimum atomic E-state index is -1.06. The average Bonchev–Trinajstić information content (AvgIpc) is 2.26. The van der Waals surface area contributed by atoms with E-state index in [1.165, 1.54) is 0 Å². The zero-order valence-corrected chi connectivity index (χ0v) is 7.84. The van der Waals surface area contributed by atoms with Gasteiger partial charge in [0.1, 0.15) is 5.25 Å². The topological polar surface area (TPSA) is 74.7 Å². The molecular weight excluding hydrogens is 194 g/mol. The fourth-order valence-corrected chi connectivity index (χ4v) is 2.12. The molecule has 0 radical (unpaired) electrons. The Balaban J connectivity index is 2.67. The molecule has 2 amide bonds. The van der Waals surface area contributed by atoms with Gasteiger partial charge in [0.25, 0.3) is 5.24 Å². The molecule has 0 saturated carbocycles. The fraction of sp³-hybridized carbons (Fsp3) is 0.571. The second-order valence-corrected chi connectivity index (χ2v) is 3.71. The number of carbonyl (C=O) groups is 3. The number of carbonyl (C=O) groups excluding carboxylic acids is 2. The minimum Gasteiger partial charge on any atom is -0.481 e. The Morgan fingerprint density at radius 2 is 2.23 bits per heavy atom. The van der Waals surface area contributed by atoms with Crippen molar-refractivity contribution in [3.63, 3.8) is 0 Å². The van der Waals surface area contributed by atoms with Crippen molar-refractivity contribution in [3.8, 4) is 0 Å². The van der Waals surface area contributed by atoms with E-state index in [0.717, 1.165) is 16.7 Å². The highest BCUT2D eigenvalue weighted by Crippen LogP contribution is 2.28. The maximum absolute atomic E-state index is 11.3. The van der Waals surface area contributed by atoms with Crippen LogP contribution in [0, 0.1) is 0 Å². The van der Waals surface area contributed by atoms with Crippen molar-refractivity contribution in [3.05, 3.63) is 0 Å². The Morgan fingerprint density at radius 1 is 1.62 bits per heavy atom. The van der Waals surface area contributed by atoms with Crippen LogP contribution >= 0.6 is 11.8 Å². The maximum atomic E-state index is 11.3. The molecule has 1 atom stereocenters. The lowest BCUT2D eigenvalue weighted by Crippen LogP contribution is -2.31. The predicted octanol–water partition coefficient (Wildman–Crippen LogP) is 0.545. The first-order valence-corrected chi connectivity index (χ1v) is 4.68. The number of hydrogen-bond acceptors (Lipinski definition) is 4. The molecule has 0 aromatic carbocycles. The summed E-state index contributed by atoms with van der Waals surface area (Å²) in [5, 5.41) is 7.36. The van der Waals surface area contributed by atoms with E-state index in [-0.39, 0.29) is 17.6 Å². The summed E-state index contributed by atoms with van der Waals surface area (Å²) in [5.74, 6) is -1.45. The molecule has 72 valence electrons. The van der Waals surface area contributed by atoms with Crippen LogP contribution in [0.1, 0.15) is 13.3 Å². The Labute approximate surface area is 79.1 Å². The van der Waals surface area contributed by atoms with Gasteiger partial charge in [-0.05, 0) is 6.92 Å². The molecule has 1 aliphatic rings. The van der Waals surface area contributed by atoms with E-state index in [0.29, 0.717) is 6.54 Å². The normalized spacial score (nSPS) is 22.5. The van der Waals surface area contributed by atoms with Crippen molar-refractivity contribution in [1.82, 2.24) is 4.90 Å². The number of amides is 2. The Bertz CT molecular complexity index is 265. The zero-order chi connectivity index (χ0) is 10.0. The van der Waals surface area contributed by atoms with E-state index < -0.39 is 11.2 Å². The van der Waals surface area contributed by atoms with Crippen LogP contribution in [0.15, 0.2) is 0 Å². The Morgan fingerprint density at radius 3 is 2.62 bits per heavy atom. The van der Waals surface area contributed by atoms with E-state index in [2.05, 4.69) is 0 Å². The molecule has 6 heteroatoms. The summed E-state index contributed by atoms with van der Waals surface area (Å²) in [6.07, 6.45) is -0.286. The van der Waals surface area contributed by atoms with Gasteiger partial charge >= 0.3 is 5.97 Å². The summed E-state index contributed by atoms with van der Waals surface area (Å²) >= 11 is 0.791. The monoisotopic (exact) mass is 203 g/mol. The molecular formula is C7H9NO4S. The van der Waals surface area contributed by atoms with Crippen LogP contribution in [0.5, 0.6) is 0 Å². The molecule has 0 bridgehead atoms. The molecule has 1 aliphatic heterocycles. The number of imide groups is 1. The first kappa shape index (κ1) is 10.0. The highest BCUT2D eigenvalue weighted by Gasteiger charge is 2.39. The van der Waals surface area contributed by atoms with E-state index in [1.807, 2.05) is 0 Å². The highest BCUT2D eigenvalue weighted by atomic mass is 32.2. The van der Waals surface area contributed by atoms with Gasteiger partial charge in [-0.3, -0.25) is 19.3 Å². The van der Waals surface area contributed by atoms with Gasteiger partial charge in [0.15, 0.2) is 0 Å². The molecule has 1 rings (SSSR count). The minimum absolute atomic E-state index is 0.286. The molecule has 0 aliphatic carbocycles. The van der Waals surface area contributed by atoms with Crippen molar-refractivity contribution in [1.29, 1.82) is 0 Å². The number of rotatable bonds is 3. The van der Waals surface area contributed by atoms with Gasteiger partial charge in [-0.15, -0.1) is 0 Å². The SMILES string of the molecule is CCN1C(=O)SC(CC(=O)O)C1=O. The van der Waals surface area contributed by atoms with Crippen LogP contribution in [0.2, 0.25) is 0 Å². The Hall–Kier alpha value is -1.04. The van der Waals surface area contributed by atoms with Gasteiger partial charge in [-0.1, -0.05) is 11.8 Å². The third-order valence-corrected chi connectivity index (χ3v) is 2.76. The second-order valence-electron chi connectivity index (χ2n) is 2.55. The van der Waals surface area contributed by atoms with Crippen molar-refractivity contribution < 1.29 is 19.5 Å². The van der Waals surface area contributed by atoms with Crippen molar-refractivity contribution >= 4 is 28.9 Å². The molecule has 0 aromatic rings. The largest absolute Gasteiger partial charge is 0.481 e. The average molecular weight is 203 g/mol. The summed E-state index contributed by atoms with van der Waals surface area (Å²) in [6.45, 7) is 1.99. The molecule has 0 aromatic heterocycles. The molecule has 13 heavy (non-hydrogen) atoms. The fourth-order valence-electron chi connectivity index (χ4n) is 1.07. The van der Waals surface area contributed by atoms with E-state index in [1.54, 1.807) is 6.92 Å². The third-order valence-electron chi connectivity index (χ3n) is 1.68. The van der Waals surface area contributed by atoms with E-state index in [4.69, 9.17) is 5.11 Å². The van der Waals surface area contributed by atoms with Gasteiger partial charge in [0.05, 0.1) is 6.42 Å². The number of aliphatic carboxylic acids is 1. The zero-order valence-electron chi connectivity index (χ0n) is 7.02. The molecule has 1 heterocycles. The quantitative estimate of drug-likeness (QED) is 0.724. The van der Waals surface area contributed by atoms with Gasteiger partial charge in [-0.25, -0.2) is 0 Å². The highest BCUT2D eigenvalue weighted by molar-refractivity contribution is 8.15. The first-order valence-electron chi connectivity index (χ1n) is 3.80. The second kappa shape index (κ2) is 3.78. The smallest absolute Gasteiger partial charge is 0.305 e. The summed E-state index contributed by atoms with van der Waals surface area (Å²) in [4.78, 5) is 33.8. The standard InChI is InChI=1S/C7H9NO4S/c1-2-8-6(11)4(3-5(9)10)13-7(8)12/h4H,2-3H2,1H3,(H,9,10). The molecule has 1 unspecified atom stereocenters. The maximum Gasteiger partial charge on any atom is 0.305 e. The van der Waals surface area contributed by atoms with Crippen LogP contribution < -0.4 is 0 Å². The van der Waals surface area contributed by atoms with Gasteiger partial charge in [0.2, 0.25) is 5.91 Å². The van der Waals surface area contributed by atoms with Gasteiger partial charge in [-0.2, -0.15) is 0 Å². The van der Waals surface area contributed by atoms with Crippen LogP contribution in [-0.2, 0) is 9.59 Å². The summed E-state index contributed by atoms with van der Waals surface area (Å²) in [5.41, 5.74) is 0. The van der Waals surface area contributed by atoms with Crippen LogP contribution in [0.3, 0.4) is 0 Å². The van der Waals surface area contributed by atoms with Crippen LogP contribution in [0.4, 0.5) is 4.79 Å². The lowest BCUT2D eigenvalue weighted by molar-refractivity contribution is -0.139. The van der Waals surface area contributed by atoms with Gasteiger partial charge < -0.3 is 5.11 Å². The summed E-state index contributed by atoms with van der Waals surface area (Å²) in [6, 6.07) is 0. The van der Waals surface area contributed by atoms with Crippen LogP contribution in [0.25, 0.3) is 0 Å². The number of carboxylic acid groups (broad SMARTS) is 1. The predicted molar refractivity (Wildman–Crippen MR) is 46.4 cm³/mol. The lowest BCUT2D eigenvalue weighted by Gasteiger charge is -2.08. The molecule has 5 nitrogen and oxygen atoms in total. The van der Waals surface area contributed by atoms with E-state index >= 15 is 0 Å². The molecule has 1 N–H and O–H groups in total. The number of carboxylic acids is 1. The Kier molecular flexibility index (Phi) is 2.92. The molecule has 1 saturated heterocycles. The third kappa shape index (κ3) is 2.00. The number of hydrogen-bond donors (Lipinski definition) is 1. The van der Waals surface area contributed by atoms with Gasteiger partial charge in [0, 0.05) is 6.54 Å². The van der Waals surface area contributed by atoms with Crippen LogP contribution in [-0.4, -0.2) is 38.9 Å². The van der Waals surface area contributed by atoms with Crippen molar-refractivity contribution in [2.24, 2.45) is 0 Å². The summed E-state index contributed by atoms with van der Waals surface area (Å²) in [7, 11) is 0. The van der Waals surface area contributed by atoms with Crippen molar-refractivity contribution in [2.45, 2.75) is 18.6 Å². The van der Waals surface area contributed by atoms with E-state index in [9.17, 15) is 14.4 Å². The number of nitrogens with zero attached hydrogens (tertiary/aromatic N) is 1. The molecule has 1 fully saturated rings. The first-order chi connectivity index (χ1) is 6.06.